The van der Waals surface area contributed by atoms with Crippen LogP contribution in [0.4, 0.5) is 0 Å². The Morgan fingerprint density at radius 1 is 1.00 bits per heavy atom. The Labute approximate surface area is 89.3 Å². The van der Waals surface area contributed by atoms with E-state index in [9.17, 15) is 5.11 Å². The molecule has 0 rings (SSSR count). The van der Waals surface area contributed by atoms with Crippen molar-refractivity contribution in [2.45, 2.75) is 65.5 Å². The van der Waals surface area contributed by atoms with Crippen LogP contribution in [0, 0.1) is 0 Å². The molecule has 1 unspecified atom stereocenters. The Morgan fingerprint density at radius 3 is 1.64 bits per heavy atom. The van der Waals surface area contributed by atoms with Crippen LogP contribution in [0.2, 0.25) is 0 Å². The molecule has 0 saturated carbocycles. The first-order chi connectivity index (χ1) is 6.62. The van der Waals surface area contributed by atoms with Crippen molar-refractivity contribution in [3.63, 3.8) is 0 Å². The zero-order chi connectivity index (χ0) is 11.2. The summed E-state index contributed by atoms with van der Waals surface area (Å²) >= 11 is 0. The highest BCUT2D eigenvalue weighted by molar-refractivity contribution is 4.93. The average Bonchev–Trinajstić information content (AvgIpc) is 2.25. The molecule has 0 aliphatic rings. The van der Waals surface area contributed by atoms with Gasteiger partial charge in [-0.05, 0) is 32.4 Å². The second-order valence-electron chi connectivity index (χ2n) is 3.91. The van der Waals surface area contributed by atoms with Crippen molar-refractivity contribution in [2.24, 2.45) is 0 Å². The van der Waals surface area contributed by atoms with Gasteiger partial charge in [0.05, 0.1) is 6.10 Å². The van der Waals surface area contributed by atoms with E-state index >= 15 is 0 Å². The second-order valence-corrected chi connectivity index (χ2v) is 3.91. The Hall–Kier alpha value is -0.0800. The topological polar surface area (TPSA) is 23.5 Å². The number of likely N-dealkylation sites (N-methyl/N-ethyl adjacent to an activating group) is 1. The number of hydrogen-bond acceptors (Lipinski definition) is 2. The number of aliphatic hydroxyl groups excluding tert-OH is 1. The van der Waals surface area contributed by atoms with Crippen molar-refractivity contribution in [3.05, 3.63) is 0 Å². The van der Waals surface area contributed by atoms with E-state index in [-0.39, 0.29) is 11.6 Å². The van der Waals surface area contributed by atoms with Gasteiger partial charge in [-0.2, -0.15) is 0 Å². The van der Waals surface area contributed by atoms with Gasteiger partial charge in [0.15, 0.2) is 0 Å². The SMILES string of the molecule is CCC(O)C(CC)(CC)N(CC)CC. The zero-order valence-electron chi connectivity index (χ0n) is 10.5. The molecule has 0 aromatic carbocycles. The lowest BCUT2D eigenvalue weighted by molar-refractivity contribution is -0.0360. The van der Waals surface area contributed by atoms with Gasteiger partial charge >= 0.3 is 0 Å². The summed E-state index contributed by atoms with van der Waals surface area (Å²) in [4.78, 5) is 2.40. The Bertz CT molecular complexity index is 139. The zero-order valence-corrected chi connectivity index (χ0v) is 10.5. The van der Waals surface area contributed by atoms with Gasteiger partial charge in [0.1, 0.15) is 0 Å². The molecular weight excluding hydrogens is 174 g/mol. The van der Waals surface area contributed by atoms with Crippen LogP contribution in [0.5, 0.6) is 0 Å². The van der Waals surface area contributed by atoms with Crippen molar-refractivity contribution in [3.8, 4) is 0 Å². The molecule has 0 fully saturated rings. The highest BCUT2D eigenvalue weighted by atomic mass is 16.3. The van der Waals surface area contributed by atoms with Crippen molar-refractivity contribution < 1.29 is 5.11 Å². The highest BCUT2D eigenvalue weighted by Gasteiger charge is 2.37. The molecule has 0 aliphatic carbocycles. The average molecular weight is 201 g/mol. The molecule has 86 valence electrons. The predicted molar refractivity (Wildman–Crippen MR) is 62.5 cm³/mol. The number of nitrogens with zero attached hydrogens (tertiary/aromatic N) is 1. The van der Waals surface area contributed by atoms with E-state index in [0.717, 1.165) is 32.4 Å². The van der Waals surface area contributed by atoms with E-state index in [1.165, 1.54) is 0 Å². The van der Waals surface area contributed by atoms with Gasteiger partial charge in [-0.25, -0.2) is 0 Å². The second kappa shape index (κ2) is 6.41. The molecule has 1 N–H and O–H groups in total. The van der Waals surface area contributed by atoms with E-state index < -0.39 is 0 Å². The summed E-state index contributed by atoms with van der Waals surface area (Å²) in [6.07, 6.45) is 2.70. The van der Waals surface area contributed by atoms with Crippen LogP contribution in [0.15, 0.2) is 0 Å². The van der Waals surface area contributed by atoms with Crippen molar-refractivity contribution in [1.82, 2.24) is 4.90 Å². The third kappa shape index (κ3) is 2.48. The van der Waals surface area contributed by atoms with Gasteiger partial charge in [0.25, 0.3) is 0 Å². The summed E-state index contributed by atoms with van der Waals surface area (Å²) in [6.45, 7) is 12.8. The molecule has 0 aliphatic heterocycles. The van der Waals surface area contributed by atoms with Gasteiger partial charge in [-0.1, -0.05) is 34.6 Å². The Morgan fingerprint density at radius 2 is 1.43 bits per heavy atom. The molecule has 0 amide bonds. The van der Waals surface area contributed by atoms with Crippen molar-refractivity contribution in [2.75, 3.05) is 13.1 Å². The number of aliphatic hydroxyl groups is 1. The third-order valence-electron chi connectivity index (χ3n) is 3.62. The maximum Gasteiger partial charge on any atom is 0.0721 e. The molecule has 0 saturated heterocycles. The first kappa shape index (κ1) is 13.9. The summed E-state index contributed by atoms with van der Waals surface area (Å²) in [7, 11) is 0. The number of hydrogen-bond donors (Lipinski definition) is 1. The van der Waals surface area contributed by atoms with E-state index in [1.807, 2.05) is 0 Å². The fraction of sp³-hybridized carbons (Fsp3) is 1.00. The molecule has 1 atom stereocenters. The summed E-state index contributed by atoms with van der Waals surface area (Å²) in [6, 6.07) is 0. The standard InChI is InChI=1S/C12H27NO/c1-6-11(14)12(7-2,8-3)13(9-4)10-5/h11,14H,6-10H2,1-5H3. The van der Waals surface area contributed by atoms with E-state index in [4.69, 9.17) is 0 Å². The lowest BCUT2D eigenvalue weighted by Crippen LogP contribution is -2.55. The monoisotopic (exact) mass is 201 g/mol. The van der Waals surface area contributed by atoms with Crippen LogP contribution in [-0.2, 0) is 0 Å². The molecule has 0 heterocycles. The molecule has 0 spiro atoms. The fourth-order valence-electron chi connectivity index (χ4n) is 2.61. The van der Waals surface area contributed by atoms with E-state index in [2.05, 4.69) is 39.5 Å². The van der Waals surface area contributed by atoms with Crippen molar-refractivity contribution >= 4 is 0 Å². The van der Waals surface area contributed by atoms with Crippen molar-refractivity contribution in [1.29, 1.82) is 0 Å². The summed E-state index contributed by atoms with van der Waals surface area (Å²) < 4.78 is 0. The maximum atomic E-state index is 10.2. The minimum Gasteiger partial charge on any atom is -0.391 e. The molecule has 0 aromatic rings. The smallest absolute Gasteiger partial charge is 0.0721 e. The molecule has 0 bridgehead atoms. The maximum absolute atomic E-state index is 10.2. The Kier molecular flexibility index (Phi) is 6.38. The molecule has 0 radical (unpaired) electrons. The summed E-state index contributed by atoms with van der Waals surface area (Å²) in [5.74, 6) is 0. The van der Waals surface area contributed by atoms with Crippen LogP contribution in [0.25, 0.3) is 0 Å². The lowest BCUT2D eigenvalue weighted by atomic mass is 9.83. The third-order valence-corrected chi connectivity index (χ3v) is 3.62. The highest BCUT2D eigenvalue weighted by Crippen LogP contribution is 2.29. The van der Waals surface area contributed by atoms with Crippen LogP contribution in [0.1, 0.15) is 53.9 Å². The molecule has 2 heteroatoms. The van der Waals surface area contributed by atoms with Gasteiger partial charge in [0, 0.05) is 5.54 Å². The molecule has 0 aromatic heterocycles. The molecule has 2 nitrogen and oxygen atoms in total. The number of rotatable bonds is 7. The van der Waals surface area contributed by atoms with E-state index in [1.54, 1.807) is 0 Å². The normalized spacial score (nSPS) is 14.8. The van der Waals surface area contributed by atoms with Crippen LogP contribution < -0.4 is 0 Å². The van der Waals surface area contributed by atoms with Crippen LogP contribution in [0.3, 0.4) is 0 Å². The predicted octanol–water partition coefficient (Wildman–Crippen LogP) is 2.66. The van der Waals surface area contributed by atoms with Gasteiger partial charge in [-0.3, -0.25) is 4.90 Å². The first-order valence-electron chi connectivity index (χ1n) is 6.05. The molecular formula is C12H27NO. The van der Waals surface area contributed by atoms with Gasteiger partial charge in [0.2, 0.25) is 0 Å². The minimum atomic E-state index is -0.197. The largest absolute Gasteiger partial charge is 0.391 e. The summed E-state index contributed by atoms with van der Waals surface area (Å²) in [5, 5.41) is 10.2. The van der Waals surface area contributed by atoms with Crippen LogP contribution >= 0.6 is 0 Å². The Balaban J connectivity index is 4.83. The lowest BCUT2D eigenvalue weighted by Gasteiger charge is -2.45. The van der Waals surface area contributed by atoms with Crippen LogP contribution in [-0.4, -0.2) is 34.7 Å². The molecule has 14 heavy (non-hydrogen) atoms. The quantitative estimate of drug-likeness (QED) is 0.684. The first-order valence-corrected chi connectivity index (χ1v) is 6.05. The van der Waals surface area contributed by atoms with E-state index in [0.29, 0.717) is 0 Å². The van der Waals surface area contributed by atoms with Gasteiger partial charge in [-0.15, -0.1) is 0 Å². The fourth-order valence-corrected chi connectivity index (χ4v) is 2.61. The summed E-state index contributed by atoms with van der Waals surface area (Å²) in [5.41, 5.74) is -0.00174. The minimum absolute atomic E-state index is 0.00174. The van der Waals surface area contributed by atoms with Gasteiger partial charge < -0.3 is 5.11 Å².